The molecule has 260 valence electrons. The van der Waals surface area contributed by atoms with Crippen LogP contribution >= 0.6 is 0 Å². The highest BCUT2D eigenvalue weighted by molar-refractivity contribution is 6.06. The molecule has 4 aliphatic heterocycles. The fourth-order valence-corrected chi connectivity index (χ4v) is 7.97. The number of carbonyl (C=O) groups excluding carboxylic acids is 4. The first-order valence-electron chi connectivity index (χ1n) is 17.7. The highest BCUT2D eigenvalue weighted by Gasteiger charge is 2.73. The number of carbonyl (C=O) groups is 4. The van der Waals surface area contributed by atoms with Gasteiger partial charge in [0.05, 0.1) is 24.0 Å². The number of benzene rings is 3. The van der Waals surface area contributed by atoms with E-state index in [0.717, 1.165) is 29.2 Å². The van der Waals surface area contributed by atoms with Gasteiger partial charge in [0.25, 0.3) is 5.91 Å². The third kappa shape index (κ3) is 6.33. The monoisotopic (exact) mass is 677 g/mol. The lowest BCUT2D eigenvalue weighted by molar-refractivity contribution is -0.145. The maximum absolute atomic E-state index is 15.1. The molecule has 7 rings (SSSR count). The van der Waals surface area contributed by atoms with E-state index in [2.05, 4.69) is 5.32 Å². The number of ether oxygens (including phenoxy) is 2. The van der Waals surface area contributed by atoms with Gasteiger partial charge < -0.3 is 29.7 Å². The molecule has 0 saturated carbocycles. The molecule has 50 heavy (non-hydrogen) atoms. The molecule has 2 fully saturated rings. The van der Waals surface area contributed by atoms with E-state index in [9.17, 15) is 19.5 Å². The summed E-state index contributed by atoms with van der Waals surface area (Å²) >= 11 is 0. The number of likely N-dealkylation sites (tertiary alicyclic amines) is 1. The highest BCUT2D eigenvalue weighted by atomic mass is 16.5. The Morgan fingerprint density at radius 1 is 0.860 bits per heavy atom. The summed E-state index contributed by atoms with van der Waals surface area (Å²) in [4.78, 5) is 60.1. The average Bonchev–Trinajstić information content (AvgIpc) is 3.78. The van der Waals surface area contributed by atoms with Crippen LogP contribution in [0, 0.1) is 11.8 Å². The number of esters is 1. The predicted octanol–water partition coefficient (Wildman–Crippen LogP) is 4.63. The van der Waals surface area contributed by atoms with Gasteiger partial charge in [-0.2, -0.15) is 0 Å². The Balaban J connectivity index is 1.29. The lowest BCUT2D eigenvalue weighted by Gasteiger charge is -2.36. The van der Waals surface area contributed by atoms with Crippen molar-refractivity contribution >= 4 is 40.2 Å². The summed E-state index contributed by atoms with van der Waals surface area (Å²) in [5.74, 6) is -3.16. The van der Waals surface area contributed by atoms with Crippen LogP contribution in [0.25, 0.3) is 10.8 Å². The van der Waals surface area contributed by atoms with Crippen LogP contribution in [0.2, 0.25) is 0 Å². The molecular formula is C40H43N3O7. The summed E-state index contributed by atoms with van der Waals surface area (Å²) in [5, 5.41) is 14.4. The first kappa shape index (κ1) is 33.7. The van der Waals surface area contributed by atoms with E-state index >= 15 is 4.79 Å². The van der Waals surface area contributed by atoms with Gasteiger partial charge >= 0.3 is 5.97 Å². The van der Waals surface area contributed by atoms with Gasteiger partial charge in [-0.3, -0.25) is 19.2 Å². The van der Waals surface area contributed by atoms with Crippen molar-refractivity contribution in [1.29, 1.82) is 0 Å². The fraction of sp³-hybridized carbons (Fsp3) is 0.400. The van der Waals surface area contributed by atoms with Crippen molar-refractivity contribution in [2.24, 2.45) is 11.8 Å². The van der Waals surface area contributed by atoms with Gasteiger partial charge in [0.1, 0.15) is 18.2 Å². The summed E-state index contributed by atoms with van der Waals surface area (Å²) in [5.41, 5.74) is 0.109. The van der Waals surface area contributed by atoms with Crippen molar-refractivity contribution in [2.45, 2.75) is 62.3 Å². The Morgan fingerprint density at radius 3 is 2.46 bits per heavy atom. The molecule has 2 N–H and O–H groups in total. The second-order valence-electron chi connectivity index (χ2n) is 13.5. The van der Waals surface area contributed by atoms with Crippen molar-refractivity contribution in [2.75, 3.05) is 31.2 Å². The minimum absolute atomic E-state index is 0.0625. The largest absolute Gasteiger partial charge is 0.463 e. The molecule has 0 aliphatic carbocycles. The summed E-state index contributed by atoms with van der Waals surface area (Å²) in [6.45, 7) is 0.560. The molecule has 3 aromatic carbocycles. The molecule has 6 atom stereocenters. The molecule has 1 spiro atoms. The number of hydrogen-bond donors (Lipinski definition) is 2. The van der Waals surface area contributed by atoms with E-state index in [1.165, 1.54) is 0 Å². The first-order valence-corrected chi connectivity index (χ1v) is 17.7. The predicted molar refractivity (Wildman–Crippen MR) is 188 cm³/mol. The van der Waals surface area contributed by atoms with Crippen LogP contribution in [0.4, 0.5) is 5.69 Å². The maximum atomic E-state index is 15.1. The summed E-state index contributed by atoms with van der Waals surface area (Å²) < 4.78 is 12.3. The van der Waals surface area contributed by atoms with Gasteiger partial charge in [-0.15, -0.1) is 0 Å². The van der Waals surface area contributed by atoms with Crippen LogP contribution in [0.3, 0.4) is 0 Å². The Bertz CT molecular complexity index is 1810. The highest BCUT2D eigenvalue weighted by Crippen LogP contribution is 2.55. The third-order valence-electron chi connectivity index (χ3n) is 10.4. The number of anilines is 1. The topological polar surface area (TPSA) is 125 Å². The molecule has 4 aliphatic rings. The van der Waals surface area contributed by atoms with Crippen molar-refractivity contribution < 1.29 is 33.8 Å². The van der Waals surface area contributed by atoms with E-state index in [0.29, 0.717) is 31.5 Å². The van der Waals surface area contributed by atoms with Gasteiger partial charge in [0, 0.05) is 31.8 Å². The molecule has 3 amide bonds. The van der Waals surface area contributed by atoms with E-state index in [-0.39, 0.29) is 38.0 Å². The van der Waals surface area contributed by atoms with Crippen LogP contribution in [0.1, 0.15) is 50.1 Å². The van der Waals surface area contributed by atoms with Crippen LogP contribution < -0.4 is 10.2 Å². The third-order valence-corrected chi connectivity index (χ3v) is 10.4. The lowest BCUT2D eigenvalue weighted by Crippen LogP contribution is -2.56. The minimum atomic E-state index is -1.33. The Hall–Kier alpha value is -4.80. The number of hydrogen-bond acceptors (Lipinski definition) is 7. The zero-order chi connectivity index (χ0) is 34.7. The standard InChI is InChI=1S/C40H43N3O7/c44-24-12-2-1-10-23-43-36-39(48)42(30-19-18-27-13-8-9-16-29(27)25-30)22-11-4-7-17-33(45)49-26-31(28-14-5-3-6-15-28)41-37(46)34-32-20-21-40(36,50-32)35(34)38(43)47/h3-6,8-9,11,13-16,18-21,25,31-32,34-36,44H,1-2,7,10,12,17,22-24,26H2,(H,41,46)/b11-4-/t31-,32-,34+,35+,36-,40+/m0/s1. The Labute approximate surface area is 291 Å². The number of aliphatic hydroxyl groups is 1. The number of cyclic esters (lactones) is 1. The molecule has 2 saturated heterocycles. The second kappa shape index (κ2) is 14.6. The van der Waals surface area contributed by atoms with Crippen LogP contribution in [0.5, 0.6) is 0 Å². The van der Waals surface area contributed by atoms with Crippen LogP contribution in [-0.4, -0.2) is 77.7 Å². The SMILES string of the molecule is O=C1CC/C=C\CN(c2ccc3ccccc3c2)C(=O)[C@@H]2N(CCCCCCO)C(=O)[C@H]3[C@H](C(=O)N[C@H](c4ccccc4)CO1)[C@@H]1C=C[C@]23O1. The van der Waals surface area contributed by atoms with E-state index in [1.807, 2.05) is 97.1 Å². The Morgan fingerprint density at radius 2 is 1.64 bits per heavy atom. The number of nitrogens with zero attached hydrogens (tertiary/aromatic N) is 2. The average molecular weight is 678 g/mol. The number of nitrogens with one attached hydrogen (secondary N) is 1. The van der Waals surface area contributed by atoms with Gasteiger partial charge in [-0.1, -0.05) is 97.8 Å². The molecule has 5 bridgehead atoms. The molecule has 10 nitrogen and oxygen atoms in total. The van der Waals surface area contributed by atoms with Crippen LogP contribution in [0.15, 0.2) is 97.1 Å². The molecular weight excluding hydrogens is 634 g/mol. The minimum Gasteiger partial charge on any atom is -0.463 e. The van der Waals surface area contributed by atoms with E-state index in [1.54, 1.807) is 9.80 Å². The molecule has 3 aromatic rings. The van der Waals surface area contributed by atoms with Gasteiger partial charge in [-0.05, 0) is 47.7 Å². The zero-order valence-electron chi connectivity index (χ0n) is 28.0. The fourth-order valence-electron chi connectivity index (χ4n) is 7.97. The first-order chi connectivity index (χ1) is 24.4. The molecule has 0 aromatic heterocycles. The molecule has 0 unspecified atom stereocenters. The maximum Gasteiger partial charge on any atom is 0.306 e. The van der Waals surface area contributed by atoms with Crippen molar-refractivity contribution in [3.63, 3.8) is 0 Å². The number of fused-ring (bicyclic) bond motifs is 3. The lowest BCUT2D eigenvalue weighted by atomic mass is 9.74. The van der Waals surface area contributed by atoms with Gasteiger partial charge in [-0.25, -0.2) is 0 Å². The summed E-state index contributed by atoms with van der Waals surface area (Å²) in [6.07, 6.45) is 10.1. The van der Waals surface area contributed by atoms with Gasteiger partial charge in [0.2, 0.25) is 11.8 Å². The van der Waals surface area contributed by atoms with Gasteiger partial charge in [0.15, 0.2) is 0 Å². The zero-order valence-corrected chi connectivity index (χ0v) is 28.0. The number of aliphatic hydroxyl groups excluding tert-OH is 1. The summed E-state index contributed by atoms with van der Waals surface area (Å²) in [6, 6.07) is 21.4. The number of unbranched alkanes of at least 4 members (excludes halogenated alkanes) is 3. The quantitative estimate of drug-likeness (QED) is 0.203. The number of amides is 3. The normalized spacial score (nSPS) is 28.9. The molecule has 4 heterocycles. The summed E-state index contributed by atoms with van der Waals surface area (Å²) in [7, 11) is 0. The Kier molecular flexibility index (Phi) is 9.83. The molecule has 10 heteroatoms. The van der Waals surface area contributed by atoms with E-state index < -0.39 is 47.5 Å². The number of allylic oxidation sites excluding steroid dienone is 1. The molecule has 0 radical (unpaired) electrons. The van der Waals surface area contributed by atoms with Crippen molar-refractivity contribution in [1.82, 2.24) is 10.2 Å². The van der Waals surface area contributed by atoms with E-state index in [4.69, 9.17) is 9.47 Å². The van der Waals surface area contributed by atoms with Crippen molar-refractivity contribution in [3.05, 3.63) is 103 Å². The smallest absolute Gasteiger partial charge is 0.306 e. The number of rotatable bonds is 8. The van der Waals surface area contributed by atoms with Crippen molar-refractivity contribution in [3.8, 4) is 0 Å². The van der Waals surface area contributed by atoms with Crippen LogP contribution in [-0.2, 0) is 28.7 Å². The second-order valence-corrected chi connectivity index (χ2v) is 13.5.